The van der Waals surface area contributed by atoms with Crippen LogP contribution in [-0.4, -0.2) is 51.1 Å². The van der Waals surface area contributed by atoms with Crippen molar-refractivity contribution < 1.29 is 22.8 Å². The molecular weight excluding hydrogens is 562 g/mol. The second kappa shape index (κ2) is 10.2. The fraction of sp³-hybridized carbons (Fsp3) is 0.548. The van der Waals surface area contributed by atoms with Gasteiger partial charge in [-0.3, -0.25) is 4.79 Å². The number of hydrogen-bond acceptors (Lipinski definition) is 7. The van der Waals surface area contributed by atoms with E-state index < -0.39 is 21.2 Å². The molecule has 1 saturated carbocycles. The Morgan fingerprint density at radius 1 is 1.12 bits per heavy atom. The summed E-state index contributed by atoms with van der Waals surface area (Å²) in [5.74, 6) is 0.912. The molecule has 1 amide bonds. The second-order valence-corrected chi connectivity index (χ2v) is 15.2. The number of carbonyl (C=O) groups excluding carboxylic acids is 1. The number of oxime groups is 1. The second-order valence-electron chi connectivity index (χ2n) is 12.6. The number of halogens is 1. The van der Waals surface area contributed by atoms with Gasteiger partial charge in [0.25, 0.3) is 5.91 Å². The van der Waals surface area contributed by atoms with E-state index in [1.54, 1.807) is 13.0 Å². The van der Waals surface area contributed by atoms with Gasteiger partial charge in [-0.2, -0.15) is 0 Å². The van der Waals surface area contributed by atoms with Crippen LogP contribution in [0.1, 0.15) is 73.4 Å². The van der Waals surface area contributed by atoms with Crippen molar-refractivity contribution in [2.75, 3.05) is 24.6 Å². The molecule has 1 fully saturated rings. The highest BCUT2D eigenvalue weighted by atomic mass is 35.5. The molecule has 218 valence electrons. The van der Waals surface area contributed by atoms with Gasteiger partial charge >= 0.3 is 0 Å². The van der Waals surface area contributed by atoms with E-state index in [-0.39, 0.29) is 11.5 Å². The Morgan fingerprint density at radius 3 is 2.83 bits per heavy atom. The van der Waals surface area contributed by atoms with E-state index in [4.69, 9.17) is 21.2 Å². The van der Waals surface area contributed by atoms with E-state index in [1.807, 2.05) is 18.2 Å². The van der Waals surface area contributed by atoms with Crippen LogP contribution in [0.3, 0.4) is 0 Å². The lowest BCUT2D eigenvalue weighted by Crippen LogP contribution is -2.49. The molecule has 2 aromatic carbocycles. The van der Waals surface area contributed by atoms with Gasteiger partial charge in [0.15, 0.2) is 0 Å². The summed E-state index contributed by atoms with van der Waals surface area (Å²) in [4.78, 5) is 21.6. The van der Waals surface area contributed by atoms with Crippen LogP contribution in [0.4, 0.5) is 5.69 Å². The molecule has 0 aromatic heterocycles. The first-order valence-corrected chi connectivity index (χ1v) is 16.7. The van der Waals surface area contributed by atoms with E-state index in [0.29, 0.717) is 36.8 Å². The third-order valence-corrected chi connectivity index (χ3v) is 12.1. The average Bonchev–Trinajstić information content (AvgIpc) is 3.32. The minimum atomic E-state index is -3.87. The molecule has 5 atom stereocenters. The molecule has 5 aliphatic rings. The van der Waals surface area contributed by atoms with Gasteiger partial charge in [0.2, 0.25) is 10.0 Å². The van der Waals surface area contributed by atoms with Crippen LogP contribution >= 0.6 is 11.6 Å². The zero-order valence-electron chi connectivity index (χ0n) is 23.3. The minimum Gasteiger partial charge on any atom is -0.490 e. The number of sulfonamides is 1. The first kappa shape index (κ1) is 27.1. The van der Waals surface area contributed by atoms with Crippen molar-refractivity contribution >= 4 is 38.9 Å². The van der Waals surface area contributed by atoms with Crippen LogP contribution in [0.25, 0.3) is 0 Å². The summed E-state index contributed by atoms with van der Waals surface area (Å²) in [6.07, 6.45) is 6.93. The molecule has 3 heterocycles. The van der Waals surface area contributed by atoms with Crippen molar-refractivity contribution in [3.05, 3.63) is 58.1 Å². The number of benzene rings is 2. The van der Waals surface area contributed by atoms with Crippen molar-refractivity contribution in [3.63, 3.8) is 0 Å². The van der Waals surface area contributed by atoms with Gasteiger partial charge in [-0.1, -0.05) is 22.8 Å². The lowest BCUT2D eigenvalue weighted by molar-refractivity contribution is -0.0213. The molecule has 1 spiro atoms. The van der Waals surface area contributed by atoms with Crippen LogP contribution < -0.4 is 14.4 Å². The molecule has 2 aliphatic carbocycles. The van der Waals surface area contributed by atoms with Gasteiger partial charge in [-0.15, -0.1) is 0 Å². The molecule has 2 aromatic rings. The Hall–Kier alpha value is -2.78. The number of nitrogens with zero attached hydrogens (tertiary/aromatic N) is 2. The number of aryl methyl sites for hydroxylation is 1. The summed E-state index contributed by atoms with van der Waals surface area (Å²) >= 11 is 6.39. The summed E-state index contributed by atoms with van der Waals surface area (Å²) in [6.45, 7) is 3.71. The van der Waals surface area contributed by atoms with Crippen molar-refractivity contribution in [2.45, 2.75) is 75.1 Å². The van der Waals surface area contributed by atoms with Gasteiger partial charge in [-0.25, -0.2) is 13.1 Å². The quantitative estimate of drug-likeness (QED) is 0.447. The number of fused-ring (bicyclic) bond motifs is 7. The van der Waals surface area contributed by atoms with Crippen molar-refractivity contribution in [1.82, 2.24) is 4.72 Å². The van der Waals surface area contributed by atoms with Crippen LogP contribution in [0.5, 0.6) is 5.75 Å². The highest BCUT2D eigenvalue weighted by Crippen LogP contribution is 2.47. The molecule has 41 heavy (non-hydrogen) atoms. The predicted octanol–water partition coefficient (Wildman–Crippen LogP) is 5.23. The lowest BCUT2D eigenvalue weighted by atomic mass is 9.68. The Kier molecular flexibility index (Phi) is 6.73. The van der Waals surface area contributed by atoms with E-state index in [2.05, 4.69) is 26.9 Å². The Morgan fingerprint density at radius 2 is 2.00 bits per heavy atom. The Balaban J connectivity index is 1.29. The standard InChI is InChI=1S/C31H36ClN3O5S/c1-19-4-8-24-15-29(40-33-24)25-9-5-22(25)16-35-17-31(12-2-3-20-13-23(32)7-10-26(20)31)18-39-28-11-6-21(14-27(28)35)30(36)34-41(19,37)38/h6-7,10-11,13-14,19,22,25,29H,2-5,8-9,12,15-18H2,1H3,(H,34,36)/t19-,22+,25+,29-,31+/m1/s1. The van der Waals surface area contributed by atoms with Gasteiger partial charge in [-0.05, 0) is 99.2 Å². The third kappa shape index (κ3) is 4.88. The van der Waals surface area contributed by atoms with E-state index in [9.17, 15) is 13.2 Å². The van der Waals surface area contributed by atoms with Crippen LogP contribution in [0, 0.1) is 11.8 Å². The highest BCUT2D eigenvalue weighted by molar-refractivity contribution is 7.90. The zero-order chi connectivity index (χ0) is 28.4. The van der Waals surface area contributed by atoms with E-state index >= 15 is 0 Å². The van der Waals surface area contributed by atoms with Crippen molar-refractivity contribution in [3.8, 4) is 5.75 Å². The maximum atomic E-state index is 13.3. The maximum absolute atomic E-state index is 13.3. The molecule has 10 heteroatoms. The Bertz CT molecular complexity index is 1530. The molecule has 7 rings (SSSR count). The first-order chi connectivity index (χ1) is 19.7. The molecule has 3 aliphatic heterocycles. The number of ether oxygens (including phenoxy) is 1. The molecule has 0 saturated heterocycles. The molecule has 0 unspecified atom stereocenters. The summed E-state index contributed by atoms with van der Waals surface area (Å²) in [6, 6.07) is 11.5. The van der Waals surface area contributed by atoms with E-state index in [0.717, 1.165) is 73.8 Å². The van der Waals surface area contributed by atoms with Crippen molar-refractivity contribution in [1.29, 1.82) is 0 Å². The molecule has 0 radical (unpaired) electrons. The number of rotatable bonds is 0. The zero-order valence-corrected chi connectivity index (χ0v) is 24.8. The Labute approximate surface area is 246 Å². The van der Waals surface area contributed by atoms with Gasteiger partial charge in [0, 0.05) is 41.4 Å². The topological polar surface area (TPSA) is 97.3 Å². The number of carbonyl (C=O) groups is 1. The van der Waals surface area contributed by atoms with Crippen LogP contribution in [0.2, 0.25) is 5.02 Å². The van der Waals surface area contributed by atoms with Gasteiger partial charge < -0.3 is 14.5 Å². The summed E-state index contributed by atoms with van der Waals surface area (Å²) in [5, 5.41) is 4.36. The predicted molar refractivity (Wildman–Crippen MR) is 158 cm³/mol. The number of anilines is 1. The smallest absolute Gasteiger partial charge is 0.264 e. The molecule has 4 bridgehead atoms. The molecule has 8 nitrogen and oxygen atoms in total. The fourth-order valence-corrected chi connectivity index (χ4v) is 8.69. The number of hydrogen-bond donors (Lipinski definition) is 1. The van der Waals surface area contributed by atoms with Crippen LogP contribution in [-0.2, 0) is 26.7 Å². The lowest BCUT2D eigenvalue weighted by Gasteiger charge is -2.45. The third-order valence-electron chi connectivity index (χ3n) is 10.1. The number of nitrogens with one attached hydrogen (secondary N) is 1. The molecule has 1 N–H and O–H groups in total. The van der Waals surface area contributed by atoms with Crippen molar-refractivity contribution in [2.24, 2.45) is 17.0 Å². The number of amides is 1. The van der Waals surface area contributed by atoms with Gasteiger partial charge in [0.1, 0.15) is 11.9 Å². The molecular formula is C31H36ClN3O5S. The maximum Gasteiger partial charge on any atom is 0.264 e. The van der Waals surface area contributed by atoms with Gasteiger partial charge in [0.05, 0.1) is 23.3 Å². The summed E-state index contributed by atoms with van der Waals surface area (Å²) in [7, 11) is -3.87. The summed E-state index contributed by atoms with van der Waals surface area (Å²) in [5.41, 5.74) is 4.39. The minimum absolute atomic E-state index is 0.0313. The van der Waals surface area contributed by atoms with E-state index in [1.165, 1.54) is 11.1 Å². The average molecular weight is 598 g/mol. The SMILES string of the molecule is C[C@@H]1CCC2=NO[C@H](C2)[C@H]2CC[C@H]2CN2C[C@@]3(CCCc4cc(Cl)ccc43)COc3ccc(cc32)C(=O)NS1(=O)=O. The largest absolute Gasteiger partial charge is 0.490 e. The monoisotopic (exact) mass is 597 g/mol. The highest BCUT2D eigenvalue weighted by Gasteiger charge is 2.46. The first-order valence-electron chi connectivity index (χ1n) is 14.8. The fourth-order valence-electron chi connectivity index (χ4n) is 7.49. The summed E-state index contributed by atoms with van der Waals surface area (Å²) < 4.78 is 35.0. The normalized spacial score (nSPS) is 32.3. The van der Waals surface area contributed by atoms with Crippen LogP contribution in [0.15, 0.2) is 41.6 Å².